The highest BCUT2D eigenvalue weighted by Crippen LogP contribution is 2.35. The SMILES string of the molecule is Nc1c(Nc2ccc(F)c(F)c2)ncnc1Nc1ccc2c(c1)OCCO2. The summed E-state index contributed by atoms with van der Waals surface area (Å²) in [5, 5.41) is 5.93. The lowest BCUT2D eigenvalue weighted by Gasteiger charge is -2.19. The monoisotopic (exact) mass is 371 g/mol. The normalized spacial score (nSPS) is 12.5. The molecule has 0 unspecified atom stereocenters. The van der Waals surface area contributed by atoms with E-state index in [1.165, 1.54) is 12.4 Å². The summed E-state index contributed by atoms with van der Waals surface area (Å²) in [4.78, 5) is 8.18. The first-order valence-electron chi connectivity index (χ1n) is 8.09. The first-order chi connectivity index (χ1) is 13.1. The average Bonchev–Trinajstić information content (AvgIpc) is 2.68. The predicted molar refractivity (Wildman–Crippen MR) is 96.8 cm³/mol. The van der Waals surface area contributed by atoms with Crippen LogP contribution in [0, 0.1) is 11.6 Å². The van der Waals surface area contributed by atoms with E-state index in [1.807, 2.05) is 0 Å². The Balaban J connectivity index is 1.57. The summed E-state index contributed by atoms with van der Waals surface area (Å²) in [6.45, 7) is 0.992. The second kappa shape index (κ2) is 6.94. The van der Waals surface area contributed by atoms with E-state index >= 15 is 0 Å². The van der Waals surface area contributed by atoms with Gasteiger partial charge in [-0.3, -0.25) is 0 Å². The lowest BCUT2D eigenvalue weighted by molar-refractivity contribution is 0.171. The number of nitrogens with one attached hydrogen (secondary N) is 2. The maximum atomic E-state index is 13.4. The van der Waals surface area contributed by atoms with Gasteiger partial charge in [-0.2, -0.15) is 0 Å². The molecule has 3 aromatic rings. The molecule has 2 heterocycles. The fourth-order valence-electron chi connectivity index (χ4n) is 2.56. The van der Waals surface area contributed by atoms with Gasteiger partial charge in [0.15, 0.2) is 34.8 Å². The second-order valence-electron chi connectivity index (χ2n) is 5.72. The molecule has 0 radical (unpaired) electrons. The molecule has 0 amide bonds. The van der Waals surface area contributed by atoms with Crippen LogP contribution in [0.4, 0.5) is 37.5 Å². The third-order valence-corrected chi connectivity index (χ3v) is 3.87. The van der Waals surface area contributed by atoms with Crippen molar-refractivity contribution in [2.75, 3.05) is 29.6 Å². The van der Waals surface area contributed by atoms with Gasteiger partial charge in [0.1, 0.15) is 25.2 Å². The van der Waals surface area contributed by atoms with E-state index < -0.39 is 11.6 Å². The summed E-state index contributed by atoms with van der Waals surface area (Å²) in [5.74, 6) is 0.00408. The van der Waals surface area contributed by atoms with Gasteiger partial charge in [-0.15, -0.1) is 0 Å². The number of benzene rings is 2. The van der Waals surface area contributed by atoms with E-state index in [0.29, 0.717) is 41.9 Å². The maximum absolute atomic E-state index is 13.4. The summed E-state index contributed by atoms with van der Waals surface area (Å²) >= 11 is 0. The summed E-state index contributed by atoms with van der Waals surface area (Å²) in [6, 6.07) is 8.78. The Hall–Kier alpha value is -3.62. The number of rotatable bonds is 4. The van der Waals surface area contributed by atoms with Crippen molar-refractivity contribution in [2.45, 2.75) is 0 Å². The Morgan fingerprint density at radius 1 is 0.815 bits per heavy atom. The van der Waals surface area contributed by atoms with E-state index in [-0.39, 0.29) is 11.5 Å². The molecule has 0 spiro atoms. The van der Waals surface area contributed by atoms with Crippen molar-refractivity contribution in [1.29, 1.82) is 0 Å². The van der Waals surface area contributed by atoms with Crippen molar-refractivity contribution in [3.8, 4) is 11.5 Å². The van der Waals surface area contributed by atoms with Crippen molar-refractivity contribution in [3.63, 3.8) is 0 Å². The minimum Gasteiger partial charge on any atom is -0.486 e. The first kappa shape index (κ1) is 16.8. The molecular weight excluding hydrogens is 356 g/mol. The number of nitrogen functional groups attached to an aromatic ring is 1. The summed E-state index contributed by atoms with van der Waals surface area (Å²) in [6.07, 6.45) is 1.30. The smallest absolute Gasteiger partial charge is 0.163 e. The second-order valence-corrected chi connectivity index (χ2v) is 5.72. The number of aromatic nitrogens is 2. The Labute approximate surface area is 153 Å². The topological polar surface area (TPSA) is 94.3 Å². The predicted octanol–water partition coefficient (Wildman–Crippen LogP) is 3.60. The van der Waals surface area contributed by atoms with Gasteiger partial charge in [0, 0.05) is 23.5 Å². The van der Waals surface area contributed by atoms with Crippen molar-refractivity contribution >= 4 is 28.7 Å². The highest BCUT2D eigenvalue weighted by molar-refractivity contribution is 5.80. The van der Waals surface area contributed by atoms with Crippen LogP contribution in [0.5, 0.6) is 11.5 Å². The van der Waals surface area contributed by atoms with E-state index in [9.17, 15) is 8.78 Å². The number of hydrogen-bond acceptors (Lipinski definition) is 7. The summed E-state index contributed by atoms with van der Waals surface area (Å²) < 4.78 is 37.5. The quantitative estimate of drug-likeness (QED) is 0.645. The maximum Gasteiger partial charge on any atom is 0.163 e. The van der Waals surface area contributed by atoms with Gasteiger partial charge in [-0.05, 0) is 24.3 Å². The van der Waals surface area contributed by atoms with Gasteiger partial charge >= 0.3 is 0 Å². The molecule has 0 saturated carbocycles. The minimum atomic E-state index is -0.970. The first-order valence-corrected chi connectivity index (χ1v) is 8.09. The number of hydrogen-bond donors (Lipinski definition) is 3. The highest BCUT2D eigenvalue weighted by Gasteiger charge is 2.14. The Morgan fingerprint density at radius 3 is 2.15 bits per heavy atom. The Morgan fingerprint density at radius 2 is 1.44 bits per heavy atom. The minimum absolute atomic E-state index is 0.220. The van der Waals surface area contributed by atoms with Gasteiger partial charge in [0.25, 0.3) is 0 Å². The van der Waals surface area contributed by atoms with Crippen LogP contribution in [0.15, 0.2) is 42.7 Å². The zero-order chi connectivity index (χ0) is 18.8. The molecule has 1 aliphatic heterocycles. The largest absolute Gasteiger partial charge is 0.486 e. The van der Waals surface area contributed by atoms with Gasteiger partial charge in [0.2, 0.25) is 0 Å². The molecule has 0 atom stereocenters. The third-order valence-electron chi connectivity index (χ3n) is 3.87. The van der Waals surface area contributed by atoms with E-state index in [1.54, 1.807) is 18.2 Å². The van der Waals surface area contributed by atoms with E-state index in [0.717, 1.165) is 12.1 Å². The molecule has 9 heteroatoms. The zero-order valence-corrected chi connectivity index (χ0v) is 14.0. The lowest BCUT2D eigenvalue weighted by Crippen LogP contribution is -2.15. The van der Waals surface area contributed by atoms with Crippen LogP contribution in [-0.4, -0.2) is 23.2 Å². The number of halogens is 2. The molecule has 1 aliphatic rings. The van der Waals surface area contributed by atoms with Crippen LogP contribution in [0.25, 0.3) is 0 Å². The van der Waals surface area contributed by atoms with Crippen LogP contribution in [0.2, 0.25) is 0 Å². The molecular formula is C18H15F2N5O2. The zero-order valence-electron chi connectivity index (χ0n) is 14.0. The van der Waals surface area contributed by atoms with Crippen molar-refractivity contribution in [1.82, 2.24) is 9.97 Å². The number of nitrogens with zero attached hydrogens (tertiary/aromatic N) is 2. The molecule has 4 rings (SSSR count). The van der Waals surface area contributed by atoms with Crippen LogP contribution in [-0.2, 0) is 0 Å². The van der Waals surface area contributed by atoms with Gasteiger partial charge in [0.05, 0.1) is 0 Å². The summed E-state index contributed by atoms with van der Waals surface area (Å²) in [5.41, 5.74) is 7.34. The molecule has 27 heavy (non-hydrogen) atoms. The number of fused-ring (bicyclic) bond motifs is 1. The molecule has 1 aromatic heterocycles. The fraction of sp³-hybridized carbons (Fsp3) is 0.111. The molecule has 2 aromatic carbocycles. The molecule has 4 N–H and O–H groups in total. The molecule has 138 valence electrons. The molecule has 0 saturated heterocycles. The molecule has 0 aliphatic carbocycles. The average molecular weight is 371 g/mol. The van der Waals surface area contributed by atoms with Crippen molar-refractivity contribution in [3.05, 3.63) is 54.4 Å². The van der Waals surface area contributed by atoms with Crippen molar-refractivity contribution < 1.29 is 18.3 Å². The van der Waals surface area contributed by atoms with Crippen LogP contribution in [0.3, 0.4) is 0 Å². The van der Waals surface area contributed by atoms with Crippen LogP contribution >= 0.6 is 0 Å². The van der Waals surface area contributed by atoms with Gasteiger partial charge < -0.3 is 25.8 Å². The van der Waals surface area contributed by atoms with E-state index in [2.05, 4.69) is 20.6 Å². The highest BCUT2D eigenvalue weighted by atomic mass is 19.2. The molecule has 0 bridgehead atoms. The Kier molecular flexibility index (Phi) is 4.33. The van der Waals surface area contributed by atoms with Gasteiger partial charge in [-0.1, -0.05) is 0 Å². The van der Waals surface area contributed by atoms with Crippen molar-refractivity contribution in [2.24, 2.45) is 0 Å². The number of anilines is 5. The Bertz CT molecular complexity index is 999. The van der Waals surface area contributed by atoms with Crippen LogP contribution < -0.4 is 25.8 Å². The fourth-order valence-corrected chi connectivity index (χ4v) is 2.56. The van der Waals surface area contributed by atoms with E-state index in [4.69, 9.17) is 15.2 Å². The van der Waals surface area contributed by atoms with Crippen LogP contribution in [0.1, 0.15) is 0 Å². The van der Waals surface area contributed by atoms with Gasteiger partial charge in [-0.25, -0.2) is 18.7 Å². The number of ether oxygens (including phenoxy) is 2. The lowest BCUT2D eigenvalue weighted by atomic mass is 10.2. The standard InChI is InChI=1S/C18H15F2N5O2/c19-12-3-1-10(7-13(12)20)24-17-16(21)18(23-9-22-17)25-11-2-4-14-15(8-11)27-6-5-26-14/h1-4,7-9H,5-6,21H2,(H2,22,23,24,25). The summed E-state index contributed by atoms with van der Waals surface area (Å²) in [7, 11) is 0. The molecule has 0 fully saturated rings. The third kappa shape index (κ3) is 3.52. The molecule has 7 nitrogen and oxygen atoms in total. The number of nitrogens with two attached hydrogens (primary N) is 1.